The largest absolute Gasteiger partial charge is 0.493 e. The molecule has 1 saturated heterocycles. The minimum absolute atomic E-state index is 0.0638. The van der Waals surface area contributed by atoms with Gasteiger partial charge in [-0.05, 0) is 81.0 Å². The molecule has 5 atom stereocenters. The molecular weight excluding hydrogens is 526 g/mol. The highest BCUT2D eigenvalue weighted by atomic mass is 16.6. The SMILES string of the molecule is CC.CCc1ccc(OC)c2c1C1(C)CCN(CC3CC3)C(C)CC(CO)CC(OC)[C@@H]1O2.COCc1ccccc1. The Hall–Kier alpha value is -2.12. The van der Waals surface area contributed by atoms with Gasteiger partial charge in [0.1, 0.15) is 6.10 Å². The molecule has 0 spiro atoms. The van der Waals surface area contributed by atoms with Gasteiger partial charge in [-0.2, -0.15) is 0 Å². The third-order valence-electron chi connectivity index (χ3n) is 9.28. The van der Waals surface area contributed by atoms with Crippen LogP contribution in [0.4, 0.5) is 0 Å². The summed E-state index contributed by atoms with van der Waals surface area (Å²) in [7, 11) is 5.21. The van der Waals surface area contributed by atoms with E-state index in [-0.39, 0.29) is 30.1 Å². The van der Waals surface area contributed by atoms with Gasteiger partial charge in [-0.15, -0.1) is 0 Å². The first-order valence-corrected chi connectivity index (χ1v) is 16.2. The molecule has 236 valence electrons. The van der Waals surface area contributed by atoms with Crippen LogP contribution in [0.3, 0.4) is 0 Å². The van der Waals surface area contributed by atoms with E-state index < -0.39 is 0 Å². The lowest BCUT2D eigenvalue weighted by Gasteiger charge is -2.41. The topological polar surface area (TPSA) is 60.4 Å². The van der Waals surface area contributed by atoms with Gasteiger partial charge in [0.05, 0.1) is 19.8 Å². The maximum Gasteiger partial charge on any atom is 0.165 e. The molecule has 0 aromatic heterocycles. The lowest BCUT2D eigenvalue weighted by atomic mass is 9.70. The highest BCUT2D eigenvalue weighted by Crippen LogP contribution is 2.53. The van der Waals surface area contributed by atoms with E-state index in [1.54, 1.807) is 21.3 Å². The quantitative estimate of drug-likeness (QED) is 0.360. The van der Waals surface area contributed by atoms with Crippen molar-refractivity contribution in [3.63, 3.8) is 0 Å². The smallest absolute Gasteiger partial charge is 0.165 e. The number of nitrogens with zero attached hydrogens (tertiary/aromatic N) is 1. The van der Waals surface area contributed by atoms with Crippen LogP contribution in [0, 0.1) is 11.8 Å². The number of rotatable bonds is 8. The average molecular weight is 584 g/mol. The fourth-order valence-corrected chi connectivity index (χ4v) is 6.74. The normalized spacial score (nSPS) is 27.3. The number of fused-ring (bicyclic) bond motifs is 3. The zero-order chi connectivity index (χ0) is 30.7. The van der Waals surface area contributed by atoms with Crippen LogP contribution >= 0.6 is 0 Å². The first kappa shape index (κ1) is 34.4. The summed E-state index contributed by atoms with van der Waals surface area (Å²) in [6.07, 6.45) is 6.40. The van der Waals surface area contributed by atoms with Gasteiger partial charge in [-0.1, -0.05) is 64.1 Å². The average Bonchev–Trinajstić information content (AvgIpc) is 3.80. The molecule has 5 rings (SSSR count). The first-order valence-electron chi connectivity index (χ1n) is 16.2. The van der Waals surface area contributed by atoms with E-state index in [1.807, 2.05) is 50.2 Å². The molecule has 0 bridgehead atoms. The Morgan fingerprint density at radius 1 is 1.00 bits per heavy atom. The van der Waals surface area contributed by atoms with E-state index >= 15 is 0 Å². The number of ether oxygens (including phenoxy) is 4. The van der Waals surface area contributed by atoms with E-state index in [9.17, 15) is 5.11 Å². The maximum absolute atomic E-state index is 10.2. The summed E-state index contributed by atoms with van der Waals surface area (Å²) in [5.74, 6) is 2.78. The van der Waals surface area contributed by atoms with E-state index in [0.29, 0.717) is 12.6 Å². The summed E-state index contributed by atoms with van der Waals surface area (Å²) in [6, 6.07) is 14.8. The van der Waals surface area contributed by atoms with Crippen molar-refractivity contribution in [1.82, 2.24) is 4.90 Å². The fourth-order valence-electron chi connectivity index (χ4n) is 6.74. The molecule has 42 heavy (non-hydrogen) atoms. The van der Waals surface area contributed by atoms with Crippen molar-refractivity contribution < 1.29 is 24.1 Å². The Labute approximate surface area is 255 Å². The van der Waals surface area contributed by atoms with E-state index in [0.717, 1.165) is 49.6 Å². The molecular formula is C36H57NO5. The summed E-state index contributed by atoms with van der Waals surface area (Å²) < 4.78 is 23.4. The van der Waals surface area contributed by atoms with Crippen LogP contribution in [0.2, 0.25) is 0 Å². The highest BCUT2D eigenvalue weighted by molar-refractivity contribution is 5.58. The van der Waals surface area contributed by atoms with Crippen molar-refractivity contribution in [1.29, 1.82) is 0 Å². The molecule has 1 aliphatic carbocycles. The van der Waals surface area contributed by atoms with Gasteiger partial charge < -0.3 is 29.0 Å². The van der Waals surface area contributed by atoms with Gasteiger partial charge in [0.25, 0.3) is 0 Å². The first-order chi connectivity index (χ1) is 20.4. The van der Waals surface area contributed by atoms with Gasteiger partial charge >= 0.3 is 0 Å². The lowest BCUT2D eigenvalue weighted by molar-refractivity contribution is -0.0471. The number of hydrogen-bond donors (Lipinski definition) is 1. The number of methoxy groups -OCH3 is 3. The molecule has 6 nitrogen and oxygen atoms in total. The van der Waals surface area contributed by atoms with Crippen molar-refractivity contribution in [2.75, 3.05) is 41.0 Å². The fraction of sp³-hybridized carbons (Fsp3) is 0.667. The molecule has 2 aromatic rings. The number of aryl methyl sites for hydroxylation is 1. The zero-order valence-corrected chi connectivity index (χ0v) is 27.5. The molecule has 3 aliphatic rings. The summed E-state index contributed by atoms with van der Waals surface area (Å²) >= 11 is 0. The van der Waals surface area contributed by atoms with Crippen molar-refractivity contribution in [3.05, 3.63) is 59.2 Å². The van der Waals surface area contributed by atoms with Crippen molar-refractivity contribution in [2.24, 2.45) is 11.8 Å². The molecule has 2 heterocycles. The molecule has 1 N–H and O–H groups in total. The Morgan fingerprint density at radius 3 is 2.29 bits per heavy atom. The standard InChI is InChI=1S/C26H41NO4.C8H10O.C2H6/c1-6-20-9-10-21(29-4)24-23(20)26(3)11-12-27(15-18-7-8-18)17(2)13-19(16-28)14-22(30-5)25(26)31-24;1-9-7-8-5-3-2-4-6-8;1-2/h9-10,17-19,22,25,28H,6-8,11-16H2,1-5H3;2-6H,7H2,1H3;1-2H3/t17?,19?,22?,25-,26?;;/m0../s1. The van der Waals surface area contributed by atoms with Crippen molar-refractivity contribution in [2.45, 2.75) is 103 Å². The van der Waals surface area contributed by atoms with Crippen LogP contribution in [0.5, 0.6) is 11.5 Å². The molecule has 2 fully saturated rings. The van der Waals surface area contributed by atoms with Crippen LogP contribution < -0.4 is 9.47 Å². The van der Waals surface area contributed by atoms with Crippen molar-refractivity contribution >= 4 is 0 Å². The number of benzene rings is 2. The second-order valence-corrected chi connectivity index (χ2v) is 12.2. The zero-order valence-electron chi connectivity index (χ0n) is 27.5. The van der Waals surface area contributed by atoms with Gasteiger partial charge in [-0.3, -0.25) is 0 Å². The van der Waals surface area contributed by atoms with Crippen LogP contribution in [0.15, 0.2) is 42.5 Å². The molecule has 2 aliphatic heterocycles. The number of aliphatic hydroxyl groups excluding tert-OH is 1. The predicted molar refractivity (Wildman–Crippen MR) is 172 cm³/mol. The summed E-state index contributed by atoms with van der Waals surface area (Å²) in [5, 5.41) is 10.2. The van der Waals surface area contributed by atoms with Gasteiger partial charge in [0.15, 0.2) is 11.5 Å². The minimum atomic E-state index is -0.158. The highest BCUT2D eigenvalue weighted by Gasteiger charge is 2.52. The molecule has 2 aromatic carbocycles. The molecule has 0 amide bonds. The minimum Gasteiger partial charge on any atom is -0.493 e. The Kier molecular flexibility index (Phi) is 13.6. The van der Waals surface area contributed by atoms with Crippen molar-refractivity contribution in [3.8, 4) is 11.5 Å². The number of hydrogen-bond acceptors (Lipinski definition) is 6. The monoisotopic (exact) mass is 583 g/mol. The van der Waals surface area contributed by atoms with Gasteiger partial charge in [0, 0.05) is 44.4 Å². The maximum atomic E-state index is 10.2. The molecule has 1 saturated carbocycles. The Bertz CT molecular complexity index is 1060. The van der Waals surface area contributed by atoms with Crippen LogP contribution in [-0.2, 0) is 27.9 Å². The van der Waals surface area contributed by atoms with Gasteiger partial charge in [-0.25, -0.2) is 0 Å². The van der Waals surface area contributed by atoms with E-state index in [4.69, 9.17) is 18.9 Å². The van der Waals surface area contributed by atoms with Gasteiger partial charge in [0.2, 0.25) is 0 Å². The van der Waals surface area contributed by atoms with E-state index in [2.05, 4.69) is 31.7 Å². The third-order valence-corrected chi connectivity index (χ3v) is 9.28. The second kappa shape index (κ2) is 16.7. The van der Waals surface area contributed by atoms with Crippen LogP contribution in [0.1, 0.15) is 83.4 Å². The molecule has 6 heteroatoms. The summed E-state index contributed by atoms with van der Waals surface area (Å²) in [6.45, 7) is 14.1. The molecule has 4 unspecified atom stereocenters. The Balaban J connectivity index is 0.000000373. The second-order valence-electron chi connectivity index (χ2n) is 12.2. The van der Waals surface area contributed by atoms with Crippen LogP contribution in [-0.4, -0.2) is 69.3 Å². The Morgan fingerprint density at radius 2 is 1.71 bits per heavy atom. The predicted octanol–water partition coefficient (Wildman–Crippen LogP) is 7.04. The molecule has 0 radical (unpaired) electrons. The lowest BCUT2D eigenvalue weighted by Crippen LogP contribution is -2.50. The third kappa shape index (κ3) is 8.28. The summed E-state index contributed by atoms with van der Waals surface area (Å²) in [5.41, 5.74) is 3.71. The number of aliphatic hydroxyl groups is 1. The van der Waals surface area contributed by atoms with Crippen LogP contribution in [0.25, 0.3) is 0 Å². The summed E-state index contributed by atoms with van der Waals surface area (Å²) in [4.78, 5) is 2.68. The van der Waals surface area contributed by atoms with E-state index in [1.165, 1.54) is 36.1 Å².